The largest absolute Gasteiger partial charge is 0.458 e. The summed E-state index contributed by atoms with van der Waals surface area (Å²) < 4.78 is 11.6. The second-order valence-corrected chi connectivity index (χ2v) is 11.3. The van der Waals surface area contributed by atoms with E-state index in [0.717, 1.165) is 22.7 Å². The van der Waals surface area contributed by atoms with Crippen molar-refractivity contribution in [1.29, 1.82) is 0 Å². The number of carbonyl (C=O) groups is 2. The summed E-state index contributed by atoms with van der Waals surface area (Å²) in [7, 11) is 0. The van der Waals surface area contributed by atoms with E-state index in [-0.39, 0.29) is 30.5 Å². The van der Waals surface area contributed by atoms with Crippen LogP contribution in [-0.4, -0.2) is 70.1 Å². The number of esters is 1. The van der Waals surface area contributed by atoms with Gasteiger partial charge >= 0.3 is 5.97 Å². The van der Waals surface area contributed by atoms with Crippen LogP contribution in [0.1, 0.15) is 64.6 Å². The molecule has 1 aromatic heterocycles. The molecule has 190 valence electrons. The number of aromatic nitrogens is 1. The number of ketones is 1. The number of nitrogens with one attached hydrogen (secondary N) is 1. The maximum Gasteiger partial charge on any atom is 0.309 e. The van der Waals surface area contributed by atoms with Crippen LogP contribution < -0.4 is 5.32 Å². The van der Waals surface area contributed by atoms with Crippen molar-refractivity contribution >= 4 is 29.2 Å². The predicted molar refractivity (Wildman–Crippen MR) is 130 cm³/mol. The van der Waals surface area contributed by atoms with Gasteiger partial charge < -0.3 is 25.0 Å². The van der Waals surface area contributed by atoms with Gasteiger partial charge in [-0.1, -0.05) is 20.8 Å². The summed E-state index contributed by atoms with van der Waals surface area (Å²) in [6, 6.07) is -0.304. The smallest absolute Gasteiger partial charge is 0.309 e. The van der Waals surface area contributed by atoms with E-state index in [2.05, 4.69) is 10.3 Å². The van der Waals surface area contributed by atoms with Gasteiger partial charge in [0, 0.05) is 23.8 Å². The Bertz CT molecular complexity index is 913. The SMILES string of the molecule is CC(=Cc1csc(C)n1)[C@H]1C[C@@H]2O[C@H]2CCN[C@H](C)[C@H](O)[C@H](C)C(=O)C(C)(C)[C@H](O)CC(=O)O1. The number of hydrogen-bond acceptors (Lipinski definition) is 9. The first-order chi connectivity index (χ1) is 15.9. The number of rotatable bonds is 2. The lowest BCUT2D eigenvalue weighted by atomic mass is 9.74. The third-order valence-corrected chi connectivity index (χ3v) is 7.88. The molecule has 2 fully saturated rings. The lowest BCUT2D eigenvalue weighted by Gasteiger charge is -2.34. The number of hydrogen-bond donors (Lipinski definition) is 3. The number of Topliss-reactive ketones (excluding diaryl/α,β-unsaturated/α-hetero) is 1. The van der Waals surface area contributed by atoms with Crippen LogP contribution >= 0.6 is 11.3 Å². The van der Waals surface area contributed by atoms with Gasteiger partial charge in [-0.3, -0.25) is 9.59 Å². The van der Waals surface area contributed by atoms with Gasteiger partial charge in [0.05, 0.1) is 47.0 Å². The molecular weight excluding hydrogens is 456 g/mol. The summed E-state index contributed by atoms with van der Waals surface area (Å²) in [4.78, 5) is 30.4. The van der Waals surface area contributed by atoms with Gasteiger partial charge in [0.1, 0.15) is 11.9 Å². The number of aliphatic hydroxyl groups excluding tert-OH is 2. The number of nitrogens with zero attached hydrogens (tertiary/aromatic N) is 1. The highest BCUT2D eigenvalue weighted by Crippen LogP contribution is 2.34. The number of aliphatic hydroxyl groups is 2. The fourth-order valence-corrected chi connectivity index (χ4v) is 5.05. The van der Waals surface area contributed by atoms with E-state index in [1.54, 1.807) is 32.1 Å². The van der Waals surface area contributed by atoms with Gasteiger partial charge in [-0.15, -0.1) is 11.3 Å². The molecule has 0 bridgehead atoms. The Morgan fingerprint density at radius 1 is 1.26 bits per heavy atom. The lowest BCUT2D eigenvalue weighted by Crippen LogP contribution is -2.49. The zero-order valence-electron chi connectivity index (χ0n) is 20.9. The normalized spacial score (nSPS) is 36.0. The van der Waals surface area contributed by atoms with E-state index in [1.165, 1.54) is 0 Å². The third-order valence-electron chi connectivity index (χ3n) is 7.09. The van der Waals surface area contributed by atoms with Crippen molar-refractivity contribution in [2.75, 3.05) is 6.54 Å². The van der Waals surface area contributed by atoms with Crippen molar-refractivity contribution in [3.63, 3.8) is 0 Å². The van der Waals surface area contributed by atoms with Crippen molar-refractivity contribution in [3.05, 3.63) is 21.7 Å². The molecule has 3 N–H and O–H groups in total. The Hall–Kier alpha value is -1.65. The van der Waals surface area contributed by atoms with E-state index in [9.17, 15) is 19.8 Å². The summed E-state index contributed by atoms with van der Waals surface area (Å²) in [6.45, 7) is 11.2. The molecule has 3 heterocycles. The molecule has 0 saturated carbocycles. The van der Waals surface area contributed by atoms with Crippen LogP contribution in [0.4, 0.5) is 0 Å². The number of cyclic esters (lactones) is 1. The highest BCUT2D eigenvalue weighted by molar-refractivity contribution is 7.09. The van der Waals surface area contributed by atoms with Crippen LogP contribution in [0.2, 0.25) is 0 Å². The van der Waals surface area contributed by atoms with Gasteiger partial charge in [0.25, 0.3) is 0 Å². The Labute approximate surface area is 205 Å². The van der Waals surface area contributed by atoms with Gasteiger partial charge in [-0.25, -0.2) is 4.98 Å². The van der Waals surface area contributed by atoms with Crippen molar-refractivity contribution in [2.45, 2.75) is 97.4 Å². The number of thiazole rings is 1. The van der Waals surface area contributed by atoms with Crippen molar-refractivity contribution < 1.29 is 29.3 Å². The topological polar surface area (TPSA) is 121 Å². The van der Waals surface area contributed by atoms with E-state index in [1.807, 2.05) is 32.2 Å². The van der Waals surface area contributed by atoms with Crippen LogP contribution in [0.5, 0.6) is 0 Å². The quantitative estimate of drug-likeness (QED) is 0.424. The third kappa shape index (κ3) is 6.51. The van der Waals surface area contributed by atoms with Gasteiger partial charge in [0.2, 0.25) is 0 Å². The number of aryl methyl sites for hydroxylation is 1. The molecule has 8 nitrogen and oxygen atoms in total. The number of carbonyl (C=O) groups excluding carboxylic acids is 2. The summed E-state index contributed by atoms with van der Waals surface area (Å²) in [5.41, 5.74) is 0.440. The molecule has 1 aromatic rings. The van der Waals surface area contributed by atoms with Crippen molar-refractivity contribution in [2.24, 2.45) is 11.3 Å². The summed E-state index contributed by atoms with van der Waals surface area (Å²) in [6.07, 6.45) is 0.195. The van der Waals surface area contributed by atoms with Gasteiger partial charge in [-0.05, 0) is 45.4 Å². The maximum atomic E-state index is 13.1. The molecular formula is C25H38N2O6S. The average Bonchev–Trinajstić information content (AvgIpc) is 3.38. The molecule has 2 aliphatic heterocycles. The minimum absolute atomic E-state index is 0.0323. The first kappa shape index (κ1) is 26.9. The van der Waals surface area contributed by atoms with E-state index in [0.29, 0.717) is 13.0 Å². The molecule has 7 atom stereocenters. The summed E-state index contributed by atoms with van der Waals surface area (Å²) in [5, 5.41) is 27.7. The summed E-state index contributed by atoms with van der Waals surface area (Å²) in [5.74, 6) is -1.58. The maximum absolute atomic E-state index is 13.1. The van der Waals surface area contributed by atoms with Crippen LogP contribution in [0.15, 0.2) is 11.0 Å². The molecule has 3 rings (SSSR count). The molecule has 0 spiro atoms. The van der Waals surface area contributed by atoms with Crippen LogP contribution in [0.3, 0.4) is 0 Å². The molecule has 2 aliphatic rings. The zero-order valence-corrected chi connectivity index (χ0v) is 21.7. The summed E-state index contributed by atoms with van der Waals surface area (Å²) >= 11 is 1.55. The number of fused-ring (bicyclic) bond motifs is 1. The molecule has 34 heavy (non-hydrogen) atoms. The fraction of sp³-hybridized carbons (Fsp3) is 0.720. The number of ether oxygens (including phenoxy) is 2. The van der Waals surface area contributed by atoms with E-state index in [4.69, 9.17) is 9.47 Å². The van der Waals surface area contributed by atoms with Crippen LogP contribution in [0, 0.1) is 18.3 Å². The number of epoxide rings is 1. The molecule has 2 saturated heterocycles. The van der Waals surface area contributed by atoms with Crippen molar-refractivity contribution in [1.82, 2.24) is 10.3 Å². The Morgan fingerprint density at radius 3 is 2.62 bits per heavy atom. The van der Waals surface area contributed by atoms with Gasteiger partial charge in [0.15, 0.2) is 0 Å². The van der Waals surface area contributed by atoms with Crippen LogP contribution in [-0.2, 0) is 19.1 Å². The molecule has 0 aromatic carbocycles. The van der Waals surface area contributed by atoms with Crippen molar-refractivity contribution in [3.8, 4) is 0 Å². The molecule has 0 unspecified atom stereocenters. The standard InChI is InChI=1S/C25H38N2O6S/c1-13(9-17-12-34-16(4)27-17)19-10-20-18(32-20)7-8-26-15(3)23(30)14(2)24(31)25(5,6)21(28)11-22(29)33-19/h9,12,14-15,18-21,23,26,28,30H,7-8,10-11H2,1-6H3/t14-,15+,18-,19+,20-,21+,23+/m0/s1. The predicted octanol–water partition coefficient (Wildman–Crippen LogP) is 2.65. The minimum Gasteiger partial charge on any atom is -0.458 e. The first-order valence-corrected chi connectivity index (χ1v) is 12.9. The molecule has 9 heteroatoms. The first-order valence-electron chi connectivity index (χ1n) is 12.0. The second kappa shape index (κ2) is 11.0. The van der Waals surface area contributed by atoms with E-state index >= 15 is 0 Å². The molecule has 0 amide bonds. The highest BCUT2D eigenvalue weighted by Gasteiger charge is 2.44. The Kier molecular flexibility index (Phi) is 8.68. The molecule has 0 radical (unpaired) electrons. The average molecular weight is 495 g/mol. The van der Waals surface area contributed by atoms with E-state index < -0.39 is 35.6 Å². The lowest BCUT2D eigenvalue weighted by molar-refractivity contribution is -0.154. The highest BCUT2D eigenvalue weighted by atomic mass is 32.1. The second-order valence-electron chi connectivity index (χ2n) is 10.2. The minimum atomic E-state index is -1.24. The van der Waals surface area contributed by atoms with Crippen LogP contribution in [0.25, 0.3) is 6.08 Å². The fourth-order valence-electron chi connectivity index (χ4n) is 4.48. The molecule has 0 aliphatic carbocycles. The Balaban J connectivity index is 1.81. The van der Waals surface area contributed by atoms with Gasteiger partial charge in [-0.2, -0.15) is 0 Å². The Morgan fingerprint density at radius 2 is 1.97 bits per heavy atom. The zero-order chi connectivity index (χ0) is 25.2. The monoisotopic (exact) mass is 494 g/mol.